The fourth-order valence-corrected chi connectivity index (χ4v) is 2.03. The Hall–Kier alpha value is -2.67. The van der Waals surface area contributed by atoms with E-state index in [1.165, 1.54) is 0 Å². The molecule has 0 bridgehead atoms. The summed E-state index contributed by atoms with van der Waals surface area (Å²) in [5.74, 6) is 0.806. The number of pyridine rings is 1. The first-order valence-electron chi connectivity index (χ1n) is 5.63. The third-order valence-corrected chi connectivity index (χ3v) is 2.82. The van der Waals surface area contributed by atoms with E-state index in [0.29, 0.717) is 0 Å². The summed E-state index contributed by atoms with van der Waals surface area (Å²) < 4.78 is 1.92. The standard InChI is InChI=1S/C14H10N4/c15-7-10-18-13-4-2-1-3-12(13)17-14(18)11-5-8-16-9-6-11/h1-6,8-9H,10H2. The summed E-state index contributed by atoms with van der Waals surface area (Å²) in [6.07, 6.45) is 3.46. The van der Waals surface area contributed by atoms with Crippen LogP contribution in [0.15, 0.2) is 48.8 Å². The van der Waals surface area contributed by atoms with Crippen molar-refractivity contribution in [3.05, 3.63) is 48.8 Å². The summed E-state index contributed by atoms with van der Waals surface area (Å²) in [4.78, 5) is 8.58. The SMILES string of the molecule is N#CCn1c(-c2ccncc2)nc2ccccc21. The molecule has 86 valence electrons. The van der Waals surface area contributed by atoms with Gasteiger partial charge >= 0.3 is 0 Å². The lowest BCUT2D eigenvalue weighted by Crippen LogP contribution is -1.98. The van der Waals surface area contributed by atoms with Crippen LogP contribution in [-0.4, -0.2) is 14.5 Å². The molecular weight excluding hydrogens is 224 g/mol. The topological polar surface area (TPSA) is 54.5 Å². The zero-order chi connectivity index (χ0) is 12.4. The van der Waals surface area contributed by atoms with Crippen LogP contribution in [0.2, 0.25) is 0 Å². The van der Waals surface area contributed by atoms with E-state index >= 15 is 0 Å². The summed E-state index contributed by atoms with van der Waals surface area (Å²) in [5.41, 5.74) is 2.85. The van der Waals surface area contributed by atoms with Gasteiger partial charge in [0.05, 0.1) is 17.1 Å². The van der Waals surface area contributed by atoms with Crippen molar-refractivity contribution in [2.75, 3.05) is 0 Å². The van der Waals surface area contributed by atoms with Gasteiger partial charge in [0, 0.05) is 18.0 Å². The molecule has 2 aromatic heterocycles. The van der Waals surface area contributed by atoms with Gasteiger partial charge in [-0.1, -0.05) is 12.1 Å². The molecule has 2 heterocycles. The largest absolute Gasteiger partial charge is 0.310 e. The predicted molar refractivity (Wildman–Crippen MR) is 68.6 cm³/mol. The number of fused-ring (bicyclic) bond motifs is 1. The first kappa shape index (κ1) is 10.5. The molecule has 3 aromatic rings. The number of para-hydroxylation sites is 2. The van der Waals surface area contributed by atoms with Crippen molar-refractivity contribution in [3.63, 3.8) is 0 Å². The summed E-state index contributed by atoms with van der Waals surface area (Å²) >= 11 is 0. The van der Waals surface area contributed by atoms with Crippen LogP contribution in [0, 0.1) is 11.3 Å². The number of aromatic nitrogens is 3. The summed E-state index contributed by atoms with van der Waals surface area (Å²) in [6.45, 7) is 0.290. The lowest BCUT2D eigenvalue weighted by atomic mass is 10.2. The average molecular weight is 234 g/mol. The molecule has 0 saturated heterocycles. The third kappa shape index (κ3) is 1.62. The second kappa shape index (κ2) is 4.30. The second-order valence-electron chi connectivity index (χ2n) is 3.90. The van der Waals surface area contributed by atoms with E-state index < -0.39 is 0 Å². The Morgan fingerprint density at radius 3 is 2.67 bits per heavy atom. The maximum absolute atomic E-state index is 8.96. The molecule has 18 heavy (non-hydrogen) atoms. The fourth-order valence-electron chi connectivity index (χ4n) is 2.03. The molecule has 0 radical (unpaired) electrons. The average Bonchev–Trinajstić information content (AvgIpc) is 2.80. The smallest absolute Gasteiger partial charge is 0.142 e. The monoisotopic (exact) mass is 234 g/mol. The maximum Gasteiger partial charge on any atom is 0.142 e. The van der Waals surface area contributed by atoms with Gasteiger partial charge in [-0.3, -0.25) is 4.98 Å². The van der Waals surface area contributed by atoms with Crippen molar-refractivity contribution in [2.24, 2.45) is 0 Å². The Balaban J connectivity index is 2.29. The molecule has 4 heteroatoms. The highest BCUT2D eigenvalue weighted by atomic mass is 15.1. The van der Waals surface area contributed by atoms with Crippen molar-refractivity contribution in [2.45, 2.75) is 6.54 Å². The summed E-state index contributed by atoms with van der Waals surface area (Å²) in [6, 6.07) is 13.8. The minimum atomic E-state index is 0.290. The van der Waals surface area contributed by atoms with E-state index in [4.69, 9.17) is 5.26 Å². The maximum atomic E-state index is 8.96. The normalized spacial score (nSPS) is 10.4. The Kier molecular flexibility index (Phi) is 2.50. The molecule has 3 rings (SSSR count). The van der Waals surface area contributed by atoms with Gasteiger partial charge in [-0.05, 0) is 24.3 Å². The molecule has 0 fully saturated rings. The zero-order valence-electron chi connectivity index (χ0n) is 9.61. The van der Waals surface area contributed by atoms with Crippen LogP contribution in [0.5, 0.6) is 0 Å². The molecular formula is C14H10N4. The van der Waals surface area contributed by atoms with E-state index in [1.54, 1.807) is 12.4 Å². The van der Waals surface area contributed by atoms with Gasteiger partial charge in [0.2, 0.25) is 0 Å². The third-order valence-electron chi connectivity index (χ3n) is 2.82. The molecule has 0 N–H and O–H groups in total. The van der Waals surface area contributed by atoms with Crippen LogP contribution in [0.1, 0.15) is 0 Å². The van der Waals surface area contributed by atoms with Crippen LogP contribution in [-0.2, 0) is 6.54 Å². The molecule has 0 unspecified atom stereocenters. The van der Waals surface area contributed by atoms with Gasteiger partial charge in [-0.15, -0.1) is 0 Å². The molecule has 4 nitrogen and oxygen atoms in total. The van der Waals surface area contributed by atoms with Crippen LogP contribution >= 0.6 is 0 Å². The van der Waals surface area contributed by atoms with Crippen molar-refractivity contribution in [1.29, 1.82) is 5.26 Å². The van der Waals surface area contributed by atoms with Crippen molar-refractivity contribution in [3.8, 4) is 17.5 Å². The van der Waals surface area contributed by atoms with E-state index in [2.05, 4.69) is 16.0 Å². The van der Waals surface area contributed by atoms with Crippen molar-refractivity contribution >= 4 is 11.0 Å². The van der Waals surface area contributed by atoms with Gasteiger partial charge in [-0.2, -0.15) is 5.26 Å². The van der Waals surface area contributed by atoms with Gasteiger partial charge < -0.3 is 4.57 Å². The number of hydrogen-bond acceptors (Lipinski definition) is 3. The van der Waals surface area contributed by atoms with Gasteiger partial charge in [-0.25, -0.2) is 4.98 Å². The number of benzene rings is 1. The highest BCUT2D eigenvalue weighted by molar-refractivity contribution is 5.80. The summed E-state index contributed by atoms with van der Waals surface area (Å²) in [5, 5.41) is 8.96. The first-order valence-corrected chi connectivity index (χ1v) is 5.63. The molecule has 1 aromatic carbocycles. The van der Waals surface area contributed by atoms with Crippen LogP contribution < -0.4 is 0 Å². The number of nitriles is 1. The van der Waals surface area contributed by atoms with Gasteiger partial charge in [0.25, 0.3) is 0 Å². The van der Waals surface area contributed by atoms with Crippen LogP contribution in [0.3, 0.4) is 0 Å². The lowest BCUT2D eigenvalue weighted by molar-refractivity contribution is 0.870. The first-order chi connectivity index (χ1) is 8.90. The fraction of sp³-hybridized carbons (Fsp3) is 0.0714. The van der Waals surface area contributed by atoms with Gasteiger partial charge in [0.1, 0.15) is 12.4 Å². The second-order valence-corrected chi connectivity index (χ2v) is 3.90. The van der Waals surface area contributed by atoms with Crippen LogP contribution in [0.25, 0.3) is 22.4 Å². The molecule has 0 saturated carbocycles. The molecule has 0 aliphatic carbocycles. The number of rotatable bonds is 2. The Labute approximate surface area is 104 Å². The quantitative estimate of drug-likeness (QED) is 0.684. The predicted octanol–water partition coefficient (Wildman–Crippen LogP) is 2.62. The summed E-state index contributed by atoms with van der Waals surface area (Å²) in [7, 11) is 0. The minimum absolute atomic E-state index is 0.290. The minimum Gasteiger partial charge on any atom is -0.310 e. The van der Waals surface area contributed by atoms with E-state index in [0.717, 1.165) is 22.4 Å². The highest BCUT2D eigenvalue weighted by Crippen LogP contribution is 2.23. The van der Waals surface area contributed by atoms with E-state index in [-0.39, 0.29) is 6.54 Å². The molecule has 0 aliphatic heterocycles. The Morgan fingerprint density at radius 2 is 1.89 bits per heavy atom. The van der Waals surface area contributed by atoms with Crippen molar-refractivity contribution in [1.82, 2.24) is 14.5 Å². The Bertz CT molecular complexity index is 722. The number of imidazole rings is 1. The molecule has 0 spiro atoms. The highest BCUT2D eigenvalue weighted by Gasteiger charge is 2.11. The van der Waals surface area contributed by atoms with Gasteiger partial charge in [0.15, 0.2) is 0 Å². The zero-order valence-corrected chi connectivity index (χ0v) is 9.61. The lowest BCUT2D eigenvalue weighted by Gasteiger charge is -2.03. The Morgan fingerprint density at radius 1 is 1.11 bits per heavy atom. The molecule has 0 atom stereocenters. The number of hydrogen-bond donors (Lipinski definition) is 0. The van der Waals surface area contributed by atoms with E-state index in [1.807, 2.05) is 41.0 Å². The molecule has 0 aliphatic rings. The van der Waals surface area contributed by atoms with Crippen LogP contribution in [0.4, 0.5) is 0 Å². The van der Waals surface area contributed by atoms with Crippen molar-refractivity contribution < 1.29 is 0 Å². The number of nitrogens with zero attached hydrogens (tertiary/aromatic N) is 4. The van der Waals surface area contributed by atoms with E-state index in [9.17, 15) is 0 Å². The molecule has 0 amide bonds.